The molecule has 1 aliphatic rings. The van der Waals surface area contributed by atoms with Crippen LogP contribution >= 0.6 is 0 Å². The number of pyridine rings is 2. The summed E-state index contributed by atoms with van der Waals surface area (Å²) in [6.45, 7) is 9.46. The van der Waals surface area contributed by atoms with E-state index in [0.29, 0.717) is 0 Å². The molecule has 1 unspecified atom stereocenters. The van der Waals surface area contributed by atoms with Gasteiger partial charge in [0.15, 0.2) is 0 Å². The molecule has 7 heteroatoms. The Bertz CT molecular complexity index is 816. The summed E-state index contributed by atoms with van der Waals surface area (Å²) in [5.41, 5.74) is 2.45. The summed E-state index contributed by atoms with van der Waals surface area (Å²) in [6.07, 6.45) is 3.79. The predicted octanol–water partition coefficient (Wildman–Crippen LogP) is 4.37. The first-order valence-corrected chi connectivity index (χ1v) is 8.87. The first-order valence-electron chi connectivity index (χ1n) is 8.87. The summed E-state index contributed by atoms with van der Waals surface area (Å²) in [5, 5.41) is 14.5. The molecule has 3 rings (SSSR count). The molecule has 7 nitrogen and oxygen atoms in total. The van der Waals surface area contributed by atoms with Crippen LogP contribution < -0.4 is 5.32 Å². The Morgan fingerprint density at radius 3 is 2.73 bits per heavy atom. The quantitative estimate of drug-likeness (QED) is 0.647. The van der Waals surface area contributed by atoms with Crippen molar-refractivity contribution in [2.75, 3.05) is 11.9 Å². The molecule has 0 bridgehead atoms. The molecule has 26 heavy (non-hydrogen) atoms. The van der Waals surface area contributed by atoms with Crippen LogP contribution in [0.2, 0.25) is 0 Å². The highest BCUT2D eigenvalue weighted by Crippen LogP contribution is 2.38. The van der Waals surface area contributed by atoms with Crippen molar-refractivity contribution in [2.24, 2.45) is 0 Å². The molecule has 0 amide bonds. The van der Waals surface area contributed by atoms with E-state index < -0.39 is 4.92 Å². The third-order valence-electron chi connectivity index (χ3n) is 4.71. The number of rotatable bonds is 4. The molecule has 138 valence electrons. The number of nitrogens with zero attached hydrogens (tertiary/aromatic N) is 4. The Kier molecular flexibility index (Phi) is 4.91. The highest BCUT2D eigenvalue weighted by atomic mass is 16.6. The van der Waals surface area contributed by atoms with Crippen LogP contribution in [-0.2, 0) is 0 Å². The van der Waals surface area contributed by atoms with E-state index >= 15 is 0 Å². The topological polar surface area (TPSA) is 84.2 Å². The van der Waals surface area contributed by atoms with Gasteiger partial charge < -0.3 is 5.32 Å². The molecule has 0 aliphatic carbocycles. The first-order chi connectivity index (χ1) is 12.3. The van der Waals surface area contributed by atoms with Gasteiger partial charge in [0, 0.05) is 29.2 Å². The number of nitrogens with one attached hydrogen (secondary N) is 1. The lowest BCUT2D eigenvalue weighted by atomic mass is 10.0. The van der Waals surface area contributed by atoms with Gasteiger partial charge in [-0.25, -0.2) is 4.98 Å². The largest absolute Gasteiger partial charge is 0.334 e. The van der Waals surface area contributed by atoms with Gasteiger partial charge in [0.25, 0.3) is 0 Å². The summed E-state index contributed by atoms with van der Waals surface area (Å²) in [6, 6.07) is 7.14. The zero-order valence-corrected chi connectivity index (χ0v) is 15.7. The number of aryl methyl sites for hydroxylation is 1. The van der Waals surface area contributed by atoms with E-state index in [1.165, 1.54) is 0 Å². The van der Waals surface area contributed by atoms with Gasteiger partial charge in [0.05, 0.1) is 16.7 Å². The molecule has 2 aromatic rings. The molecular weight excluding hydrogens is 330 g/mol. The van der Waals surface area contributed by atoms with Gasteiger partial charge in [-0.05, 0) is 65.3 Å². The van der Waals surface area contributed by atoms with Crippen LogP contribution in [0, 0.1) is 17.0 Å². The van der Waals surface area contributed by atoms with Gasteiger partial charge in [-0.3, -0.25) is 20.0 Å². The second-order valence-electron chi connectivity index (χ2n) is 7.69. The van der Waals surface area contributed by atoms with Crippen LogP contribution in [0.25, 0.3) is 0 Å². The minimum absolute atomic E-state index is 0.0245. The maximum Gasteiger partial charge on any atom is 0.311 e. The number of aromatic nitrogens is 2. The van der Waals surface area contributed by atoms with Gasteiger partial charge in [-0.2, -0.15) is 0 Å². The fourth-order valence-electron chi connectivity index (χ4n) is 3.53. The monoisotopic (exact) mass is 355 g/mol. The highest BCUT2D eigenvalue weighted by molar-refractivity contribution is 5.65. The molecule has 0 spiro atoms. The number of likely N-dealkylation sites (tertiary alicyclic amines) is 1. The Morgan fingerprint density at radius 1 is 1.31 bits per heavy atom. The van der Waals surface area contributed by atoms with E-state index in [1.54, 1.807) is 24.4 Å². The van der Waals surface area contributed by atoms with Crippen LogP contribution in [0.4, 0.5) is 17.2 Å². The lowest BCUT2D eigenvalue weighted by Gasteiger charge is -2.36. The van der Waals surface area contributed by atoms with E-state index in [2.05, 4.69) is 41.0 Å². The number of hydrogen-bond donors (Lipinski definition) is 1. The Morgan fingerprint density at radius 2 is 2.08 bits per heavy atom. The van der Waals surface area contributed by atoms with E-state index in [4.69, 9.17) is 0 Å². The number of anilines is 2. The smallest absolute Gasteiger partial charge is 0.311 e. The number of hydrogen-bond acceptors (Lipinski definition) is 6. The Hall–Kier alpha value is -2.54. The molecule has 1 atom stereocenters. The average molecular weight is 355 g/mol. The molecule has 1 fully saturated rings. The third kappa shape index (κ3) is 3.83. The van der Waals surface area contributed by atoms with Crippen molar-refractivity contribution in [3.05, 3.63) is 52.0 Å². The summed E-state index contributed by atoms with van der Waals surface area (Å²) in [5.74, 6) is 0.277. The summed E-state index contributed by atoms with van der Waals surface area (Å²) < 4.78 is 0. The van der Waals surface area contributed by atoms with E-state index in [1.807, 2.05) is 13.0 Å². The van der Waals surface area contributed by atoms with Crippen LogP contribution in [0.5, 0.6) is 0 Å². The van der Waals surface area contributed by atoms with Gasteiger partial charge in [-0.15, -0.1) is 0 Å². The van der Waals surface area contributed by atoms with E-state index in [-0.39, 0.29) is 23.1 Å². The second-order valence-corrected chi connectivity index (χ2v) is 7.69. The Balaban J connectivity index is 1.97. The zero-order chi connectivity index (χ0) is 18.9. The van der Waals surface area contributed by atoms with Crippen molar-refractivity contribution in [1.82, 2.24) is 14.9 Å². The molecule has 1 aliphatic heterocycles. The highest BCUT2D eigenvalue weighted by Gasteiger charge is 2.35. The standard InChI is InChI=1S/C19H25N5O2/c1-13-12-14(9-10-20-13)21-18-17(24(25)26)8-7-15(22-18)16-6-5-11-23(16)19(2,3)4/h7-10,12,16H,5-6,11H2,1-4H3,(H,20,21,22). The van der Waals surface area contributed by atoms with Crippen LogP contribution in [0.1, 0.15) is 51.0 Å². The van der Waals surface area contributed by atoms with Crippen LogP contribution in [0.15, 0.2) is 30.5 Å². The molecule has 1 saturated heterocycles. The fraction of sp³-hybridized carbons (Fsp3) is 0.474. The van der Waals surface area contributed by atoms with Crippen LogP contribution in [0.3, 0.4) is 0 Å². The molecular formula is C19H25N5O2. The zero-order valence-electron chi connectivity index (χ0n) is 15.7. The van der Waals surface area contributed by atoms with Crippen molar-refractivity contribution in [3.8, 4) is 0 Å². The van der Waals surface area contributed by atoms with Gasteiger partial charge in [0.1, 0.15) is 0 Å². The minimum atomic E-state index is -0.399. The molecule has 3 heterocycles. The van der Waals surface area contributed by atoms with E-state index in [9.17, 15) is 10.1 Å². The van der Waals surface area contributed by atoms with E-state index in [0.717, 1.165) is 36.5 Å². The average Bonchev–Trinajstić information content (AvgIpc) is 3.04. The molecule has 2 aromatic heterocycles. The van der Waals surface area contributed by atoms with Crippen LogP contribution in [-0.4, -0.2) is 31.9 Å². The second kappa shape index (κ2) is 6.99. The van der Waals surface area contributed by atoms with Crippen molar-refractivity contribution >= 4 is 17.2 Å². The van der Waals surface area contributed by atoms with Crippen molar-refractivity contribution in [2.45, 2.75) is 52.1 Å². The normalized spacial score (nSPS) is 18.1. The Labute approximate surface area is 153 Å². The van der Waals surface area contributed by atoms with Crippen molar-refractivity contribution in [3.63, 3.8) is 0 Å². The minimum Gasteiger partial charge on any atom is -0.334 e. The van der Waals surface area contributed by atoms with Gasteiger partial charge >= 0.3 is 5.69 Å². The van der Waals surface area contributed by atoms with Gasteiger partial charge in [0.2, 0.25) is 5.82 Å². The summed E-state index contributed by atoms with van der Waals surface area (Å²) in [4.78, 5) is 22.3. The molecule has 1 N–H and O–H groups in total. The fourth-order valence-corrected chi connectivity index (χ4v) is 3.53. The molecule has 0 aromatic carbocycles. The summed E-state index contributed by atoms with van der Waals surface area (Å²) in [7, 11) is 0. The van der Waals surface area contributed by atoms with Crippen molar-refractivity contribution in [1.29, 1.82) is 0 Å². The maximum absolute atomic E-state index is 11.4. The number of nitro groups is 1. The maximum atomic E-state index is 11.4. The molecule has 0 radical (unpaired) electrons. The lowest BCUT2D eigenvalue weighted by molar-refractivity contribution is -0.384. The first kappa shape index (κ1) is 18.3. The third-order valence-corrected chi connectivity index (χ3v) is 4.71. The summed E-state index contributed by atoms with van der Waals surface area (Å²) >= 11 is 0. The predicted molar refractivity (Wildman–Crippen MR) is 102 cm³/mol. The van der Waals surface area contributed by atoms with Crippen molar-refractivity contribution < 1.29 is 4.92 Å². The SMILES string of the molecule is Cc1cc(Nc2nc(C3CCCN3C(C)(C)C)ccc2[N+](=O)[O-])ccn1. The lowest BCUT2D eigenvalue weighted by Crippen LogP contribution is -2.40. The molecule has 0 saturated carbocycles. The van der Waals surface area contributed by atoms with Gasteiger partial charge in [-0.1, -0.05) is 0 Å².